The Morgan fingerprint density at radius 3 is 1.61 bits per heavy atom. The van der Waals surface area contributed by atoms with Gasteiger partial charge < -0.3 is 10.2 Å². The summed E-state index contributed by atoms with van der Waals surface area (Å²) in [5.74, 6) is 1.14. The van der Waals surface area contributed by atoms with Crippen LogP contribution in [-0.4, -0.2) is 34.8 Å². The fraction of sp³-hybridized carbons (Fsp3) is 1.00. The van der Waals surface area contributed by atoms with Gasteiger partial charge in [-0.3, -0.25) is 10.6 Å². The van der Waals surface area contributed by atoms with Gasteiger partial charge in [0.25, 0.3) is 0 Å². The van der Waals surface area contributed by atoms with Crippen LogP contribution < -0.4 is 10.6 Å². The van der Waals surface area contributed by atoms with Crippen molar-refractivity contribution >= 4 is 0 Å². The molecule has 4 nitrogen and oxygen atoms in total. The molecule has 0 heterocycles. The minimum Gasteiger partial charge on any atom is -0.381 e. The molecule has 0 aromatic heterocycles. The van der Waals surface area contributed by atoms with Gasteiger partial charge in [0.1, 0.15) is 0 Å². The van der Waals surface area contributed by atoms with Crippen molar-refractivity contribution in [2.75, 3.05) is 13.5 Å². The van der Waals surface area contributed by atoms with Crippen LogP contribution in [0, 0.1) is 11.8 Å². The zero-order valence-electron chi connectivity index (χ0n) is 12.3. The number of aliphatic hydroxyl groups is 2. The highest BCUT2D eigenvalue weighted by molar-refractivity contribution is 4.95. The van der Waals surface area contributed by atoms with Crippen molar-refractivity contribution in [2.45, 2.75) is 64.5 Å². The molecule has 1 aliphatic carbocycles. The largest absolute Gasteiger partial charge is 0.381 e. The molecule has 0 aliphatic heterocycles. The average molecular weight is 258 g/mol. The number of hydrogen-bond donors (Lipinski definition) is 4. The molecule has 0 aromatic carbocycles. The third-order valence-corrected chi connectivity index (χ3v) is 4.78. The van der Waals surface area contributed by atoms with E-state index >= 15 is 0 Å². The Balaban J connectivity index is 2.66. The SMILES string of the molecule is CC(C)(NCO)C1CCCC(C(C)(C)NCO)C1. The predicted molar refractivity (Wildman–Crippen MR) is 74.0 cm³/mol. The van der Waals surface area contributed by atoms with Gasteiger partial charge >= 0.3 is 0 Å². The van der Waals surface area contributed by atoms with Crippen molar-refractivity contribution in [3.05, 3.63) is 0 Å². The zero-order chi connectivity index (χ0) is 13.8. The lowest BCUT2D eigenvalue weighted by Gasteiger charge is -2.45. The Kier molecular flexibility index (Phi) is 5.59. The third-order valence-electron chi connectivity index (χ3n) is 4.78. The Morgan fingerprint density at radius 2 is 1.28 bits per heavy atom. The van der Waals surface area contributed by atoms with Crippen LogP contribution in [0.15, 0.2) is 0 Å². The summed E-state index contributed by atoms with van der Waals surface area (Å²) in [5.41, 5.74) is -0.0502. The normalized spacial score (nSPS) is 26.3. The first-order valence-electron chi connectivity index (χ1n) is 7.05. The molecule has 0 aromatic rings. The van der Waals surface area contributed by atoms with Crippen molar-refractivity contribution < 1.29 is 10.2 Å². The third kappa shape index (κ3) is 3.92. The smallest absolute Gasteiger partial charge is 0.0935 e. The van der Waals surface area contributed by atoms with Gasteiger partial charge in [-0.15, -0.1) is 0 Å². The minimum absolute atomic E-state index is 0.0251. The number of aliphatic hydroxyl groups excluding tert-OH is 2. The maximum Gasteiger partial charge on any atom is 0.0935 e. The lowest BCUT2D eigenvalue weighted by atomic mass is 9.67. The predicted octanol–water partition coefficient (Wildman–Crippen LogP) is 1.43. The van der Waals surface area contributed by atoms with E-state index in [1.807, 2.05) is 0 Å². The topological polar surface area (TPSA) is 64.5 Å². The number of hydrogen-bond acceptors (Lipinski definition) is 4. The first-order valence-corrected chi connectivity index (χ1v) is 7.05. The molecular weight excluding hydrogens is 228 g/mol. The van der Waals surface area contributed by atoms with E-state index in [2.05, 4.69) is 38.3 Å². The fourth-order valence-corrected chi connectivity index (χ4v) is 3.20. The molecule has 18 heavy (non-hydrogen) atoms. The van der Waals surface area contributed by atoms with Gasteiger partial charge in [0.05, 0.1) is 13.5 Å². The molecule has 2 atom stereocenters. The highest BCUT2D eigenvalue weighted by atomic mass is 16.3. The van der Waals surface area contributed by atoms with Crippen molar-refractivity contribution in [1.82, 2.24) is 10.6 Å². The second-order valence-corrected chi connectivity index (χ2v) is 6.67. The maximum absolute atomic E-state index is 9.09. The van der Waals surface area contributed by atoms with Crippen LogP contribution in [0.25, 0.3) is 0 Å². The molecule has 0 saturated heterocycles. The van der Waals surface area contributed by atoms with Crippen LogP contribution in [0.3, 0.4) is 0 Å². The van der Waals surface area contributed by atoms with Crippen LogP contribution in [0.1, 0.15) is 53.4 Å². The molecule has 2 unspecified atom stereocenters. The summed E-state index contributed by atoms with van der Waals surface area (Å²) in [7, 11) is 0. The second kappa shape index (κ2) is 6.33. The van der Waals surface area contributed by atoms with Gasteiger partial charge in [-0.2, -0.15) is 0 Å². The van der Waals surface area contributed by atoms with E-state index in [0.29, 0.717) is 11.8 Å². The molecule has 4 N–H and O–H groups in total. The van der Waals surface area contributed by atoms with Crippen LogP contribution in [0.5, 0.6) is 0 Å². The average Bonchev–Trinajstić information content (AvgIpc) is 2.29. The minimum atomic E-state index is -0.0251. The van der Waals surface area contributed by atoms with E-state index in [9.17, 15) is 0 Å². The van der Waals surface area contributed by atoms with Crippen LogP contribution in [-0.2, 0) is 0 Å². The van der Waals surface area contributed by atoms with E-state index in [-0.39, 0.29) is 24.5 Å². The summed E-state index contributed by atoms with van der Waals surface area (Å²) in [6.07, 6.45) is 4.79. The molecule has 0 bridgehead atoms. The second-order valence-electron chi connectivity index (χ2n) is 6.67. The van der Waals surface area contributed by atoms with Crippen molar-refractivity contribution in [1.29, 1.82) is 0 Å². The molecule has 0 radical (unpaired) electrons. The number of rotatable bonds is 6. The lowest BCUT2D eigenvalue weighted by Crippen LogP contribution is -2.53. The Hall–Kier alpha value is -0.160. The summed E-state index contributed by atoms with van der Waals surface area (Å²) in [6.45, 7) is 8.75. The van der Waals surface area contributed by atoms with Crippen molar-refractivity contribution in [3.63, 3.8) is 0 Å². The summed E-state index contributed by atoms with van der Waals surface area (Å²) in [6, 6.07) is 0. The first kappa shape index (κ1) is 15.9. The van der Waals surface area contributed by atoms with E-state index in [1.165, 1.54) is 19.3 Å². The molecular formula is C14H30N2O2. The van der Waals surface area contributed by atoms with Gasteiger partial charge in [0.15, 0.2) is 0 Å². The fourth-order valence-electron chi connectivity index (χ4n) is 3.20. The van der Waals surface area contributed by atoms with E-state index in [1.54, 1.807) is 0 Å². The van der Waals surface area contributed by atoms with E-state index in [0.717, 1.165) is 6.42 Å². The quantitative estimate of drug-likeness (QED) is 0.544. The molecule has 108 valence electrons. The molecule has 1 rings (SSSR count). The standard InChI is InChI=1S/C14H30N2O2/c1-13(2,15-9-17)11-6-5-7-12(8-11)14(3,4)16-10-18/h11-12,15-18H,5-10H2,1-4H3. The molecule has 0 spiro atoms. The molecule has 1 aliphatic rings. The lowest BCUT2D eigenvalue weighted by molar-refractivity contribution is 0.0757. The van der Waals surface area contributed by atoms with E-state index < -0.39 is 0 Å². The Labute approximate surface area is 111 Å². The van der Waals surface area contributed by atoms with Gasteiger partial charge in [0.2, 0.25) is 0 Å². The summed E-state index contributed by atoms with van der Waals surface area (Å²) < 4.78 is 0. The van der Waals surface area contributed by atoms with E-state index in [4.69, 9.17) is 10.2 Å². The monoisotopic (exact) mass is 258 g/mol. The summed E-state index contributed by atoms with van der Waals surface area (Å²) in [4.78, 5) is 0. The molecule has 4 heteroatoms. The van der Waals surface area contributed by atoms with Gasteiger partial charge in [-0.25, -0.2) is 0 Å². The zero-order valence-corrected chi connectivity index (χ0v) is 12.3. The maximum atomic E-state index is 9.09. The Morgan fingerprint density at radius 1 is 0.889 bits per heavy atom. The van der Waals surface area contributed by atoms with Crippen molar-refractivity contribution in [3.8, 4) is 0 Å². The molecule has 0 amide bonds. The highest BCUT2D eigenvalue weighted by Crippen LogP contribution is 2.40. The summed E-state index contributed by atoms with van der Waals surface area (Å²) >= 11 is 0. The van der Waals surface area contributed by atoms with Crippen molar-refractivity contribution in [2.24, 2.45) is 11.8 Å². The highest BCUT2D eigenvalue weighted by Gasteiger charge is 2.38. The first-order chi connectivity index (χ1) is 8.33. The molecule has 1 fully saturated rings. The summed E-state index contributed by atoms with van der Waals surface area (Å²) in [5, 5.41) is 24.5. The van der Waals surface area contributed by atoms with Crippen LogP contribution in [0.2, 0.25) is 0 Å². The Bertz CT molecular complexity index is 230. The van der Waals surface area contributed by atoms with Gasteiger partial charge in [-0.1, -0.05) is 6.42 Å². The van der Waals surface area contributed by atoms with Crippen LogP contribution in [0.4, 0.5) is 0 Å². The van der Waals surface area contributed by atoms with Gasteiger partial charge in [-0.05, 0) is 58.8 Å². The molecule has 1 saturated carbocycles. The number of nitrogens with one attached hydrogen (secondary N) is 2. The van der Waals surface area contributed by atoms with Crippen LogP contribution >= 0.6 is 0 Å². The van der Waals surface area contributed by atoms with Gasteiger partial charge in [0, 0.05) is 11.1 Å².